The van der Waals surface area contributed by atoms with Gasteiger partial charge in [-0.25, -0.2) is 4.79 Å². The molecular formula is C20H33N3O2. The predicted octanol–water partition coefficient (Wildman–Crippen LogP) is 3.13. The first-order valence-corrected chi connectivity index (χ1v) is 9.36. The van der Waals surface area contributed by atoms with Crippen LogP contribution in [0.5, 0.6) is 0 Å². The molecule has 1 aromatic carbocycles. The van der Waals surface area contributed by atoms with E-state index in [9.17, 15) is 4.79 Å². The van der Waals surface area contributed by atoms with Crippen LogP contribution >= 0.6 is 0 Å². The van der Waals surface area contributed by atoms with Gasteiger partial charge in [-0.15, -0.1) is 0 Å². The highest BCUT2D eigenvalue weighted by atomic mass is 16.3. The minimum atomic E-state index is -0.167. The van der Waals surface area contributed by atoms with Gasteiger partial charge in [-0.2, -0.15) is 0 Å². The van der Waals surface area contributed by atoms with Gasteiger partial charge in [0.25, 0.3) is 0 Å². The number of amides is 2. The van der Waals surface area contributed by atoms with Gasteiger partial charge >= 0.3 is 6.03 Å². The van der Waals surface area contributed by atoms with Gasteiger partial charge in [0.2, 0.25) is 0 Å². The molecule has 1 aromatic rings. The average Bonchev–Trinajstić information content (AvgIpc) is 2.59. The maximum atomic E-state index is 11.9. The van der Waals surface area contributed by atoms with Gasteiger partial charge in [0.05, 0.1) is 0 Å². The fourth-order valence-corrected chi connectivity index (χ4v) is 3.05. The lowest BCUT2D eigenvalue weighted by atomic mass is 9.90. The van der Waals surface area contributed by atoms with E-state index >= 15 is 0 Å². The number of hydrogen-bond acceptors (Lipinski definition) is 3. The first-order chi connectivity index (χ1) is 11.9. The Hall–Kier alpha value is -1.75. The second kappa shape index (κ2) is 9.09. The number of carbonyl (C=O) groups is 1. The molecule has 140 valence electrons. The van der Waals surface area contributed by atoms with Crippen molar-refractivity contribution in [3.63, 3.8) is 0 Å². The molecule has 0 aliphatic carbocycles. The third-order valence-corrected chi connectivity index (χ3v) is 5.05. The third kappa shape index (κ3) is 6.58. The van der Waals surface area contributed by atoms with E-state index in [1.807, 2.05) is 13.8 Å². The number of anilines is 1. The van der Waals surface area contributed by atoms with Crippen LogP contribution < -0.4 is 15.5 Å². The van der Waals surface area contributed by atoms with Gasteiger partial charge in [-0.3, -0.25) is 0 Å². The van der Waals surface area contributed by atoms with Crippen molar-refractivity contribution in [3.05, 3.63) is 29.8 Å². The first-order valence-electron chi connectivity index (χ1n) is 9.36. The summed E-state index contributed by atoms with van der Waals surface area (Å²) >= 11 is 0. The van der Waals surface area contributed by atoms with E-state index in [0.29, 0.717) is 19.5 Å². The Kier molecular flexibility index (Phi) is 7.12. The van der Waals surface area contributed by atoms with E-state index in [0.717, 1.165) is 24.6 Å². The molecule has 5 heteroatoms. The molecule has 1 heterocycles. The monoisotopic (exact) mass is 347 g/mol. The van der Waals surface area contributed by atoms with Crippen molar-refractivity contribution in [1.82, 2.24) is 10.6 Å². The summed E-state index contributed by atoms with van der Waals surface area (Å²) in [4.78, 5) is 14.4. The second-order valence-electron chi connectivity index (χ2n) is 8.01. The van der Waals surface area contributed by atoms with Crippen molar-refractivity contribution in [3.8, 4) is 0 Å². The van der Waals surface area contributed by atoms with Crippen LogP contribution in [0, 0.1) is 11.3 Å². The Bertz CT molecular complexity index is 534. The van der Waals surface area contributed by atoms with E-state index in [1.54, 1.807) is 0 Å². The lowest BCUT2D eigenvalue weighted by Gasteiger charge is -2.32. The van der Waals surface area contributed by atoms with E-state index < -0.39 is 0 Å². The molecule has 25 heavy (non-hydrogen) atoms. The lowest BCUT2D eigenvalue weighted by Crippen LogP contribution is -2.40. The van der Waals surface area contributed by atoms with Crippen molar-refractivity contribution in [2.75, 3.05) is 31.1 Å². The van der Waals surface area contributed by atoms with Crippen molar-refractivity contribution >= 4 is 11.7 Å². The summed E-state index contributed by atoms with van der Waals surface area (Å²) in [5, 5.41) is 14.8. The molecule has 5 nitrogen and oxygen atoms in total. The highest BCUT2D eigenvalue weighted by Crippen LogP contribution is 2.23. The van der Waals surface area contributed by atoms with Crippen molar-refractivity contribution in [1.29, 1.82) is 0 Å². The lowest BCUT2D eigenvalue weighted by molar-refractivity contribution is 0.201. The summed E-state index contributed by atoms with van der Waals surface area (Å²) in [6, 6.07) is 8.30. The summed E-state index contributed by atoms with van der Waals surface area (Å²) in [5.74, 6) is 0.834. The van der Waals surface area contributed by atoms with Gasteiger partial charge < -0.3 is 20.6 Å². The summed E-state index contributed by atoms with van der Waals surface area (Å²) in [6.45, 7) is 9.85. The number of aliphatic hydroxyl groups excluding tert-OH is 1. The number of rotatable bonds is 7. The van der Waals surface area contributed by atoms with Gasteiger partial charge in [0.1, 0.15) is 0 Å². The topological polar surface area (TPSA) is 64.6 Å². The van der Waals surface area contributed by atoms with Crippen molar-refractivity contribution in [2.24, 2.45) is 11.3 Å². The molecule has 0 bridgehead atoms. The second-order valence-corrected chi connectivity index (χ2v) is 8.01. The zero-order valence-electron chi connectivity index (χ0n) is 15.8. The zero-order valence-corrected chi connectivity index (χ0v) is 15.8. The van der Waals surface area contributed by atoms with Crippen LogP contribution in [0.1, 0.15) is 45.6 Å². The fourth-order valence-electron chi connectivity index (χ4n) is 3.05. The number of carbonyl (C=O) groups excluding carboxylic acids is 1. The summed E-state index contributed by atoms with van der Waals surface area (Å²) in [7, 11) is 0. The number of aliphatic hydroxyl groups is 1. The van der Waals surface area contributed by atoms with Gasteiger partial charge in [-0.05, 0) is 48.3 Å². The summed E-state index contributed by atoms with van der Waals surface area (Å²) < 4.78 is 0. The number of nitrogens with one attached hydrogen (secondary N) is 2. The molecule has 2 amide bonds. The minimum Gasteiger partial charge on any atom is -0.396 e. The quantitative estimate of drug-likeness (QED) is 0.710. The molecule has 0 unspecified atom stereocenters. The highest BCUT2D eigenvalue weighted by Gasteiger charge is 2.18. The average molecular weight is 348 g/mol. The molecule has 1 aliphatic rings. The molecule has 0 radical (unpaired) electrons. The van der Waals surface area contributed by atoms with E-state index in [2.05, 4.69) is 46.7 Å². The molecule has 0 saturated carbocycles. The van der Waals surface area contributed by atoms with Crippen LogP contribution in [0.25, 0.3) is 0 Å². The molecule has 0 aromatic heterocycles. The van der Waals surface area contributed by atoms with Crippen LogP contribution in [0.4, 0.5) is 10.5 Å². The van der Waals surface area contributed by atoms with Crippen LogP contribution in [0.3, 0.4) is 0 Å². The van der Waals surface area contributed by atoms with E-state index in [1.165, 1.54) is 18.5 Å². The first kappa shape index (κ1) is 19.6. The molecule has 2 rings (SSSR count). The SMILES string of the molecule is CC1CCN(c2ccc(CNC(=O)NCC(C)(C)CCO)cc2)CC1. The number of hydrogen-bond donors (Lipinski definition) is 3. The van der Waals surface area contributed by atoms with E-state index in [-0.39, 0.29) is 18.1 Å². The predicted molar refractivity (Wildman–Crippen MR) is 103 cm³/mol. The molecule has 3 N–H and O–H groups in total. The summed E-state index contributed by atoms with van der Waals surface area (Å²) in [6.07, 6.45) is 3.19. The van der Waals surface area contributed by atoms with Crippen LogP contribution in [0.2, 0.25) is 0 Å². The van der Waals surface area contributed by atoms with Gasteiger partial charge in [0.15, 0.2) is 0 Å². The van der Waals surface area contributed by atoms with Crippen molar-refractivity contribution in [2.45, 2.75) is 46.6 Å². The number of benzene rings is 1. The maximum absolute atomic E-state index is 11.9. The largest absolute Gasteiger partial charge is 0.396 e. The fraction of sp³-hybridized carbons (Fsp3) is 0.650. The third-order valence-electron chi connectivity index (χ3n) is 5.05. The number of piperidine rings is 1. The summed E-state index contributed by atoms with van der Waals surface area (Å²) in [5.41, 5.74) is 2.27. The van der Waals surface area contributed by atoms with E-state index in [4.69, 9.17) is 5.11 Å². The minimum absolute atomic E-state index is 0.0975. The Balaban J connectivity index is 1.75. The maximum Gasteiger partial charge on any atom is 0.315 e. The highest BCUT2D eigenvalue weighted by molar-refractivity contribution is 5.73. The van der Waals surface area contributed by atoms with Crippen LogP contribution in [-0.4, -0.2) is 37.4 Å². The molecule has 0 spiro atoms. The molecule has 0 atom stereocenters. The van der Waals surface area contributed by atoms with Crippen LogP contribution in [0.15, 0.2) is 24.3 Å². The van der Waals surface area contributed by atoms with Gasteiger partial charge in [0, 0.05) is 38.5 Å². The number of nitrogens with zero attached hydrogens (tertiary/aromatic N) is 1. The Morgan fingerprint density at radius 1 is 1.20 bits per heavy atom. The smallest absolute Gasteiger partial charge is 0.315 e. The number of urea groups is 1. The standard InChI is InChI=1S/C20H33N3O2/c1-16-8-11-23(12-9-16)18-6-4-17(5-7-18)14-21-19(25)22-15-20(2,3)10-13-24/h4-7,16,24H,8-15H2,1-3H3,(H2,21,22,25). The Morgan fingerprint density at radius 3 is 2.44 bits per heavy atom. The normalized spacial score (nSPS) is 15.9. The molecular weight excluding hydrogens is 314 g/mol. The molecule has 1 aliphatic heterocycles. The zero-order chi connectivity index (χ0) is 18.3. The molecule has 1 fully saturated rings. The Morgan fingerprint density at radius 2 is 1.84 bits per heavy atom. The molecule has 1 saturated heterocycles. The Labute approximate surface area is 151 Å². The van der Waals surface area contributed by atoms with Crippen LogP contribution in [-0.2, 0) is 6.54 Å². The van der Waals surface area contributed by atoms with Crippen molar-refractivity contribution < 1.29 is 9.90 Å². The van der Waals surface area contributed by atoms with Gasteiger partial charge in [-0.1, -0.05) is 32.9 Å².